The van der Waals surface area contributed by atoms with Crippen LogP contribution in [0.5, 0.6) is 0 Å². The molecule has 0 unspecified atom stereocenters. The summed E-state index contributed by atoms with van der Waals surface area (Å²) in [5.74, 6) is 0.793. The molecule has 4 nitrogen and oxygen atoms in total. The predicted molar refractivity (Wildman–Crippen MR) is 59.6 cm³/mol. The first kappa shape index (κ1) is 10.2. The minimum Gasteiger partial charge on any atom is -0.447 e. The standard InChI is InChI=1S/C12H11N3O/c13-6-5-10-1-3-11(4-2-10)15-8-12-7-14-9-16-12/h1-4,7,9,15H,5,8H2. The monoisotopic (exact) mass is 213 g/mol. The van der Waals surface area contributed by atoms with Gasteiger partial charge in [0.2, 0.25) is 0 Å². The SMILES string of the molecule is N#CCc1ccc(NCc2cnco2)cc1. The molecule has 2 aromatic rings. The molecule has 0 aliphatic rings. The number of anilines is 1. The summed E-state index contributed by atoms with van der Waals surface area (Å²) in [6.07, 6.45) is 3.53. The van der Waals surface area contributed by atoms with Crippen LogP contribution in [0.3, 0.4) is 0 Å². The van der Waals surface area contributed by atoms with Crippen LogP contribution >= 0.6 is 0 Å². The number of aromatic nitrogens is 1. The van der Waals surface area contributed by atoms with E-state index in [0.29, 0.717) is 13.0 Å². The molecular weight excluding hydrogens is 202 g/mol. The third-order valence-corrected chi connectivity index (χ3v) is 2.19. The Balaban J connectivity index is 1.93. The van der Waals surface area contributed by atoms with Crippen LogP contribution in [0.25, 0.3) is 0 Å². The second-order valence-electron chi connectivity index (χ2n) is 3.35. The number of nitriles is 1. The van der Waals surface area contributed by atoms with Gasteiger partial charge in [0.1, 0.15) is 5.76 Å². The Labute approximate surface area is 93.5 Å². The van der Waals surface area contributed by atoms with Gasteiger partial charge in [0, 0.05) is 5.69 Å². The summed E-state index contributed by atoms with van der Waals surface area (Å²) in [5.41, 5.74) is 2.02. The quantitative estimate of drug-likeness (QED) is 0.846. The number of rotatable bonds is 4. The van der Waals surface area contributed by atoms with Gasteiger partial charge in [-0.15, -0.1) is 0 Å². The van der Waals surface area contributed by atoms with Crippen molar-refractivity contribution in [2.45, 2.75) is 13.0 Å². The average molecular weight is 213 g/mol. The van der Waals surface area contributed by atoms with Crippen molar-refractivity contribution < 1.29 is 4.42 Å². The molecule has 0 saturated heterocycles. The van der Waals surface area contributed by atoms with E-state index in [4.69, 9.17) is 9.68 Å². The van der Waals surface area contributed by atoms with Gasteiger partial charge in [-0.2, -0.15) is 5.26 Å². The summed E-state index contributed by atoms with van der Waals surface area (Å²) in [6.45, 7) is 0.609. The maximum absolute atomic E-state index is 8.53. The summed E-state index contributed by atoms with van der Waals surface area (Å²) in [5, 5.41) is 11.7. The Morgan fingerprint density at radius 3 is 2.75 bits per heavy atom. The van der Waals surface area contributed by atoms with Gasteiger partial charge in [0.25, 0.3) is 0 Å². The molecule has 2 rings (SSSR count). The maximum atomic E-state index is 8.53. The molecule has 1 heterocycles. The van der Waals surface area contributed by atoms with Crippen LogP contribution in [0.15, 0.2) is 41.3 Å². The molecule has 0 aliphatic carbocycles. The van der Waals surface area contributed by atoms with Crippen LogP contribution < -0.4 is 5.32 Å². The summed E-state index contributed by atoms with van der Waals surface area (Å²) < 4.78 is 5.10. The lowest BCUT2D eigenvalue weighted by Gasteiger charge is -2.04. The minimum atomic E-state index is 0.447. The Hall–Kier alpha value is -2.28. The number of benzene rings is 1. The molecule has 1 N–H and O–H groups in total. The van der Waals surface area contributed by atoms with Gasteiger partial charge in [-0.1, -0.05) is 12.1 Å². The molecule has 0 spiro atoms. The highest BCUT2D eigenvalue weighted by Gasteiger charge is 1.97. The third-order valence-electron chi connectivity index (χ3n) is 2.19. The first-order chi connectivity index (χ1) is 7.88. The minimum absolute atomic E-state index is 0.447. The first-order valence-corrected chi connectivity index (χ1v) is 4.95. The Bertz CT molecular complexity index is 468. The van der Waals surface area contributed by atoms with Crippen molar-refractivity contribution in [3.05, 3.63) is 48.2 Å². The van der Waals surface area contributed by atoms with Crippen LogP contribution in [-0.4, -0.2) is 4.98 Å². The lowest BCUT2D eigenvalue weighted by molar-refractivity contribution is 0.512. The van der Waals surface area contributed by atoms with Crippen LogP contribution in [0.1, 0.15) is 11.3 Å². The van der Waals surface area contributed by atoms with E-state index in [2.05, 4.69) is 16.4 Å². The summed E-state index contributed by atoms with van der Waals surface area (Å²) in [7, 11) is 0. The second-order valence-corrected chi connectivity index (χ2v) is 3.35. The van der Waals surface area contributed by atoms with Crippen molar-refractivity contribution in [1.29, 1.82) is 5.26 Å². The Kier molecular flexibility index (Phi) is 3.19. The van der Waals surface area contributed by atoms with Crippen LogP contribution in [0, 0.1) is 11.3 Å². The molecule has 1 aromatic heterocycles. The molecule has 0 atom stereocenters. The van der Waals surface area contributed by atoms with Crippen molar-refractivity contribution in [3.8, 4) is 6.07 Å². The topological polar surface area (TPSA) is 61.9 Å². The summed E-state index contributed by atoms with van der Waals surface area (Å²) in [6, 6.07) is 9.88. The molecular formula is C12H11N3O. The van der Waals surface area contributed by atoms with Crippen molar-refractivity contribution in [2.75, 3.05) is 5.32 Å². The zero-order valence-electron chi connectivity index (χ0n) is 8.68. The van der Waals surface area contributed by atoms with Crippen LogP contribution in [0.4, 0.5) is 5.69 Å². The van der Waals surface area contributed by atoms with Gasteiger partial charge in [0.05, 0.1) is 25.2 Å². The van der Waals surface area contributed by atoms with E-state index < -0.39 is 0 Å². The van der Waals surface area contributed by atoms with Gasteiger partial charge in [-0.3, -0.25) is 0 Å². The van der Waals surface area contributed by atoms with E-state index in [0.717, 1.165) is 17.0 Å². The molecule has 0 aliphatic heterocycles. The number of nitrogens with zero attached hydrogens (tertiary/aromatic N) is 2. The molecule has 1 aromatic carbocycles. The number of hydrogen-bond acceptors (Lipinski definition) is 4. The van der Waals surface area contributed by atoms with E-state index in [1.165, 1.54) is 6.39 Å². The van der Waals surface area contributed by atoms with Gasteiger partial charge < -0.3 is 9.73 Å². The number of hydrogen-bond donors (Lipinski definition) is 1. The van der Waals surface area contributed by atoms with Gasteiger partial charge >= 0.3 is 0 Å². The average Bonchev–Trinajstić information content (AvgIpc) is 2.82. The maximum Gasteiger partial charge on any atom is 0.180 e. The van der Waals surface area contributed by atoms with Crippen LogP contribution in [-0.2, 0) is 13.0 Å². The fourth-order valence-electron chi connectivity index (χ4n) is 1.35. The normalized spacial score (nSPS) is 9.69. The Morgan fingerprint density at radius 2 is 2.12 bits per heavy atom. The van der Waals surface area contributed by atoms with Crippen LogP contribution in [0.2, 0.25) is 0 Å². The van der Waals surface area contributed by atoms with Gasteiger partial charge in [-0.05, 0) is 17.7 Å². The van der Waals surface area contributed by atoms with Gasteiger partial charge in [-0.25, -0.2) is 4.98 Å². The van der Waals surface area contributed by atoms with E-state index in [9.17, 15) is 0 Å². The van der Waals surface area contributed by atoms with Crippen molar-refractivity contribution in [1.82, 2.24) is 4.98 Å². The second kappa shape index (κ2) is 4.99. The van der Waals surface area contributed by atoms with Crippen molar-refractivity contribution >= 4 is 5.69 Å². The first-order valence-electron chi connectivity index (χ1n) is 4.95. The molecule has 16 heavy (non-hydrogen) atoms. The van der Waals surface area contributed by atoms with E-state index in [1.807, 2.05) is 24.3 Å². The molecule has 0 fully saturated rings. The smallest absolute Gasteiger partial charge is 0.180 e. The highest BCUT2D eigenvalue weighted by molar-refractivity contribution is 5.45. The molecule has 4 heteroatoms. The zero-order chi connectivity index (χ0) is 11.2. The lowest BCUT2D eigenvalue weighted by atomic mass is 10.1. The largest absolute Gasteiger partial charge is 0.447 e. The summed E-state index contributed by atoms with van der Waals surface area (Å²) in [4.78, 5) is 3.83. The number of oxazole rings is 1. The molecule has 0 amide bonds. The van der Waals surface area contributed by atoms with Gasteiger partial charge in [0.15, 0.2) is 6.39 Å². The fourth-order valence-corrected chi connectivity index (χ4v) is 1.35. The molecule has 80 valence electrons. The lowest BCUT2D eigenvalue weighted by Crippen LogP contribution is -1.97. The third kappa shape index (κ3) is 2.61. The van der Waals surface area contributed by atoms with E-state index in [1.54, 1.807) is 6.20 Å². The predicted octanol–water partition coefficient (Wildman–Crippen LogP) is 2.35. The zero-order valence-corrected chi connectivity index (χ0v) is 8.68. The number of nitrogens with one attached hydrogen (secondary N) is 1. The molecule has 0 radical (unpaired) electrons. The molecule has 0 bridgehead atoms. The van der Waals surface area contributed by atoms with E-state index >= 15 is 0 Å². The van der Waals surface area contributed by atoms with Crippen molar-refractivity contribution in [3.63, 3.8) is 0 Å². The molecule has 0 saturated carbocycles. The fraction of sp³-hybridized carbons (Fsp3) is 0.167. The van der Waals surface area contributed by atoms with Crippen molar-refractivity contribution in [2.24, 2.45) is 0 Å². The van der Waals surface area contributed by atoms with E-state index in [-0.39, 0.29) is 0 Å². The summed E-state index contributed by atoms with van der Waals surface area (Å²) >= 11 is 0. The Morgan fingerprint density at radius 1 is 1.31 bits per heavy atom. The highest BCUT2D eigenvalue weighted by Crippen LogP contribution is 2.11. The highest BCUT2D eigenvalue weighted by atomic mass is 16.3.